The maximum atomic E-state index is 5.94. The summed E-state index contributed by atoms with van der Waals surface area (Å²) >= 11 is 0. The molecule has 0 amide bonds. The molecule has 2 rings (SSSR count). The van der Waals surface area contributed by atoms with E-state index in [4.69, 9.17) is 10.7 Å². The van der Waals surface area contributed by atoms with E-state index in [-0.39, 0.29) is 6.04 Å². The number of nitrogens with two attached hydrogens (primary N) is 1. The summed E-state index contributed by atoms with van der Waals surface area (Å²) in [5, 5.41) is 1.24. The normalized spacial score (nSPS) is 13.3. The number of pyridine rings is 1. The average molecular weight is 228 g/mol. The van der Waals surface area contributed by atoms with Gasteiger partial charge in [0.2, 0.25) is 0 Å². The number of fused-ring (bicyclic) bond motifs is 1. The van der Waals surface area contributed by atoms with Crippen LogP contribution < -0.4 is 5.73 Å². The van der Waals surface area contributed by atoms with E-state index in [9.17, 15) is 0 Å². The largest absolute Gasteiger partial charge is 0.323 e. The maximum absolute atomic E-state index is 5.94. The second-order valence-corrected chi connectivity index (χ2v) is 5.05. The van der Waals surface area contributed by atoms with Crippen LogP contribution in [0.1, 0.15) is 49.6 Å². The standard InChI is InChI=1S/C15H20N2/c1-9(2)12-6-5-7-13-10(3)8-14(11(4)16)17-15(12)13/h5-9,11H,16H2,1-4H3. The van der Waals surface area contributed by atoms with Gasteiger partial charge in [-0.05, 0) is 37.0 Å². The van der Waals surface area contributed by atoms with Gasteiger partial charge in [0.1, 0.15) is 0 Å². The fourth-order valence-electron chi connectivity index (χ4n) is 2.16. The Morgan fingerprint density at radius 3 is 2.47 bits per heavy atom. The highest BCUT2D eigenvalue weighted by atomic mass is 14.8. The molecule has 1 aromatic heterocycles. The molecule has 0 spiro atoms. The summed E-state index contributed by atoms with van der Waals surface area (Å²) < 4.78 is 0. The van der Waals surface area contributed by atoms with E-state index < -0.39 is 0 Å². The Morgan fingerprint density at radius 2 is 1.88 bits per heavy atom. The maximum Gasteiger partial charge on any atom is 0.0743 e. The highest BCUT2D eigenvalue weighted by Crippen LogP contribution is 2.27. The van der Waals surface area contributed by atoms with E-state index in [2.05, 4.69) is 45.0 Å². The summed E-state index contributed by atoms with van der Waals surface area (Å²) in [7, 11) is 0. The van der Waals surface area contributed by atoms with Crippen molar-refractivity contribution in [2.24, 2.45) is 5.73 Å². The van der Waals surface area contributed by atoms with Gasteiger partial charge in [-0.2, -0.15) is 0 Å². The van der Waals surface area contributed by atoms with Crippen LogP contribution in [0.25, 0.3) is 10.9 Å². The van der Waals surface area contributed by atoms with Crippen LogP contribution in [0.2, 0.25) is 0 Å². The molecule has 0 bridgehead atoms. The molecule has 0 aliphatic carbocycles. The molecule has 0 aliphatic heterocycles. The Kier molecular flexibility index (Phi) is 3.16. The van der Waals surface area contributed by atoms with Gasteiger partial charge in [-0.3, -0.25) is 4.98 Å². The Labute approximate surface area is 103 Å². The topological polar surface area (TPSA) is 38.9 Å². The van der Waals surface area contributed by atoms with E-state index in [1.54, 1.807) is 0 Å². The number of aromatic nitrogens is 1. The van der Waals surface area contributed by atoms with Crippen LogP contribution in [0.5, 0.6) is 0 Å². The van der Waals surface area contributed by atoms with Crippen molar-refractivity contribution in [2.45, 2.75) is 39.7 Å². The lowest BCUT2D eigenvalue weighted by atomic mass is 9.97. The van der Waals surface area contributed by atoms with E-state index in [0.717, 1.165) is 11.2 Å². The molecule has 2 N–H and O–H groups in total. The minimum Gasteiger partial charge on any atom is -0.323 e. The highest BCUT2D eigenvalue weighted by molar-refractivity contribution is 5.85. The monoisotopic (exact) mass is 228 g/mol. The van der Waals surface area contributed by atoms with Crippen molar-refractivity contribution in [1.82, 2.24) is 4.98 Å². The minimum absolute atomic E-state index is 0.0154. The SMILES string of the molecule is Cc1cc(C(C)N)nc2c(C(C)C)cccc12. The first-order chi connectivity index (χ1) is 8.00. The van der Waals surface area contributed by atoms with Crippen molar-refractivity contribution in [2.75, 3.05) is 0 Å². The van der Waals surface area contributed by atoms with Crippen molar-refractivity contribution in [3.8, 4) is 0 Å². The van der Waals surface area contributed by atoms with Crippen LogP contribution in [0.4, 0.5) is 0 Å². The zero-order chi connectivity index (χ0) is 12.6. The number of hydrogen-bond acceptors (Lipinski definition) is 2. The lowest BCUT2D eigenvalue weighted by molar-refractivity contribution is 0.782. The number of hydrogen-bond donors (Lipinski definition) is 1. The number of aryl methyl sites for hydroxylation is 1. The summed E-state index contributed by atoms with van der Waals surface area (Å²) in [5.74, 6) is 0.480. The molecule has 2 nitrogen and oxygen atoms in total. The van der Waals surface area contributed by atoms with Gasteiger partial charge in [0.05, 0.1) is 11.2 Å². The number of rotatable bonds is 2. The van der Waals surface area contributed by atoms with Crippen molar-refractivity contribution >= 4 is 10.9 Å². The third-order valence-electron chi connectivity index (χ3n) is 3.19. The summed E-state index contributed by atoms with van der Waals surface area (Å²) in [4.78, 5) is 4.73. The van der Waals surface area contributed by atoms with Crippen molar-refractivity contribution in [3.63, 3.8) is 0 Å². The predicted molar refractivity (Wildman–Crippen MR) is 73.2 cm³/mol. The zero-order valence-electron chi connectivity index (χ0n) is 11.0. The molecule has 0 fully saturated rings. The van der Waals surface area contributed by atoms with Crippen LogP contribution >= 0.6 is 0 Å². The van der Waals surface area contributed by atoms with Gasteiger partial charge >= 0.3 is 0 Å². The van der Waals surface area contributed by atoms with Gasteiger partial charge < -0.3 is 5.73 Å². The molecular formula is C15H20N2. The van der Waals surface area contributed by atoms with Gasteiger partial charge in [-0.25, -0.2) is 0 Å². The van der Waals surface area contributed by atoms with E-state index >= 15 is 0 Å². The Balaban J connectivity index is 2.78. The third-order valence-corrected chi connectivity index (χ3v) is 3.19. The molecule has 17 heavy (non-hydrogen) atoms. The summed E-state index contributed by atoms with van der Waals surface area (Å²) in [6.07, 6.45) is 0. The van der Waals surface area contributed by atoms with Gasteiger partial charge in [0, 0.05) is 11.4 Å². The van der Waals surface area contributed by atoms with Crippen LogP contribution in [-0.2, 0) is 0 Å². The van der Waals surface area contributed by atoms with Crippen LogP contribution in [0.15, 0.2) is 24.3 Å². The Morgan fingerprint density at radius 1 is 1.18 bits per heavy atom. The summed E-state index contributed by atoms with van der Waals surface area (Å²) in [6.45, 7) is 8.50. The Hall–Kier alpha value is -1.41. The molecule has 1 unspecified atom stereocenters. The van der Waals surface area contributed by atoms with Crippen LogP contribution in [-0.4, -0.2) is 4.98 Å². The number of para-hydroxylation sites is 1. The summed E-state index contributed by atoms with van der Waals surface area (Å²) in [5.41, 5.74) is 10.6. The molecule has 1 aromatic carbocycles. The molecule has 0 saturated heterocycles. The van der Waals surface area contributed by atoms with E-state index in [1.165, 1.54) is 16.5 Å². The fourth-order valence-corrected chi connectivity index (χ4v) is 2.16. The molecule has 90 valence electrons. The number of nitrogens with zero attached hydrogens (tertiary/aromatic N) is 1. The molecule has 0 radical (unpaired) electrons. The second kappa shape index (κ2) is 4.46. The quantitative estimate of drug-likeness (QED) is 0.851. The molecule has 0 saturated carbocycles. The van der Waals surface area contributed by atoms with E-state index in [1.807, 2.05) is 6.92 Å². The number of benzene rings is 1. The Bertz CT molecular complexity index is 542. The van der Waals surface area contributed by atoms with Crippen molar-refractivity contribution < 1.29 is 0 Å². The molecule has 2 heteroatoms. The van der Waals surface area contributed by atoms with E-state index in [0.29, 0.717) is 5.92 Å². The predicted octanol–water partition coefficient (Wildman–Crippen LogP) is 3.69. The van der Waals surface area contributed by atoms with Crippen LogP contribution in [0.3, 0.4) is 0 Å². The van der Waals surface area contributed by atoms with Crippen LogP contribution in [0, 0.1) is 6.92 Å². The van der Waals surface area contributed by atoms with Gasteiger partial charge in [0.15, 0.2) is 0 Å². The first kappa shape index (κ1) is 12.1. The van der Waals surface area contributed by atoms with Gasteiger partial charge in [-0.15, -0.1) is 0 Å². The lowest BCUT2D eigenvalue weighted by Crippen LogP contribution is -2.08. The molecule has 2 aromatic rings. The highest BCUT2D eigenvalue weighted by Gasteiger charge is 2.11. The lowest BCUT2D eigenvalue weighted by Gasteiger charge is -2.14. The fraction of sp³-hybridized carbons (Fsp3) is 0.400. The molecule has 0 aliphatic rings. The third kappa shape index (κ3) is 2.18. The first-order valence-corrected chi connectivity index (χ1v) is 6.16. The average Bonchev–Trinajstić information content (AvgIpc) is 2.27. The molecule has 1 atom stereocenters. The molecular weight excluding hydrogens is 208 g/mol. The van der Waals surface area contributed by atoms with Gasteiger partial charge in [-0.1, -0.05) is 32.0 Å². The second-order valence-electron chi connectivity index (χ2n) is 5.05. The zero-order valence-corrected chi connectivity index (χ0v) is 11.0. The molecule has 1 heterocycles. The minimum atomic E-state index is -0.0154. The summed E-state index contributed by atoms with van der Waals surface area (Å²) in [6, 6.07) is 8.48. The van der Waals surface area contributed by atoms with Crippen molar-refractivity contribution in [1.29, 1.82) is 0 Å². The first-order valence-electron chi connectivity index (χ1n) is 6.16. The smallest absolute Gasteiger partial charge is 0.0743 e. The van der Waals surface area contributed by atoms with Gasteiger partial charge in [0.25, 0.3) is 0 Å². The van der Waals surface area contributed by atoms with Crippen molar-refractivity contribution in [3.05, 3.63) is 41.1 Å².